The lowest BCUT2D eigenvalue weighted by molar-refractivity contribution is -0.143. The molecule has 0 aliphatic heterocycles. The van der Waals surface area contributed by atoms with E-state index in [2.05, 4.69) is 11.9 Å². The molecule has 0 saturated carbocycles. The molecule has 1 amide bonds. The maximum Gasteiger partial charge on any atom is 0.326 e. The molecule has 1 atom stereocenters. The van der Waals surface area contributed by atoms with E-state index in [1.54, 1.807) is 13.8 Å². The van der Waals surface area contributed by atoms with E-state index in [9.17, 15) is 9.59 Å². The third-order valence-corrected chi connectivity index (χ3v) is 2.13. The Morgan fingerprint density at radius 2 is 2.13 bits per heavy atom. The molecular formula is C10H18N2O3. The summed E-state index contributed by atoms with van der Waals surface area (Å²) in [6.07, 6.45) is 1.65. The molecule has 5 nitrogen and oxygen atoms in total. The van der Waals surface area contributed by atoms with Crippen molar-refractivity contribution in [2.45, 2.75) is 26.3 Å². The summed E-state index contributed by atoms with van der Waals surface area (Å²) in [4.78, 5) is 22.3. The quantitative estimate of drug-likeness (QED) is 0.547. The molecule has 0 fully saturated rings. The lowest BCUT2D eigenvalue weighted by atomic mass is 9.92. The summed E-state index contributed by atoms with van der Waals surface area (Å²) < 4.78 is 0. The van der Waals surface area contributed by atoms with Crippen molar-refractivity contribution in [2.24, 2.45) is 11.1 Å². The van der Waals surface area contributed by atoms with Gasteiger partial charge in [0.25, 0.3) is 0 Å². The van der Waals surface area contributed by atoms with Crippen LogP contribution < -0.4 is 11.1 Å². The molecule has 0 saturated heterocycles. The molecular weight excluding hydrogens is 196 g/mol. The van der Waals surface area contributed by atoms with Crippen molar-refractivity contribution in [1.82, 2.24) is 5.32 Å². The number of carboxylic acids is 1. The first-order valence-electron chi connectivity index (χ1n) is 4.70. The van der Waals surface area contributed by atoms with Crippen LogP contribution >= 0.6 is 0 Å². The first kappa shape index (κ1) is 13.6. The summed E-state index contributed by atoms with van der Waals surface area (Å²) in [5, 5.41) is 11.2. The van der Waals surface area contributed by atoms with Crippen LogP contribution in [-0.2, 0) is 9.59 Å². The number of carbonyl (C=O) groups is 2. The lowest BCUT2D eigenvalue weighted by Crippen LogP contribution is -2.48. The van der Waals surface area contributed by atoms with Gasteiger partial charge in [-0.25, -0.2) is 4.79 Å². The SMILES string of the molecule is C=CCC(NC(=O)C(C)(C)CN)C(=O)O. The van der Waals surface area contributed by atoms with E-state index in [1.807, 2.05) is 0 Å². The normalized spacial score (nSPS) is 13.0. The van der Waals surface area contributed by atoms with Crippen LogP contribution in [0.1, 0.15) is 20.3 Å². The van der Waals surface area contributed by atoms with Crippen LogP contribution in [0.4, 0.5) is 0 Å². The lowest BCUT2D eigenvalue weighted by Gasteiger charge is -2.23. The Labute approximate surface area is 89.3 Å². The molecule has 1 unspecified atom stereocenters. The fourth-order valence-electron chi connectivity index (χ4n) is 0.834. The van der Waals surface area contributed by atoms with Crippen LogP contribution in [0.15, 0.2) is 12.7 Å². The molecule has 0 aliphatic carbocycles. The zero-order valence-corrected chi connectivity index (χ0v) is 9.12. The number of hydrogen-bond acceptors (Lipinski definition) is 3. The summed E-state index contributed by atoms with van der Waals surface area (Å²) in [5.74, 6) is -1.43. The Hall–Kier alpha value is -1.36. The summed E-state index contributed by atoms with van der Waals surface area (Å²) in [7, 11) is 0. The number of nitrogens with one attached hydrogen (secondary N) is 1. The smallest absolute Gasteiger partial charge is 0.326 e. The minimum atomic E-state index is -1.07. The monoisotopic (exact) mass is 214 g/mol. The van der Waals surface area contributed by atoms with Gasteiger partial charge in [-0.05, 0) is 20.3 Å². The van der Waals surface area contributed by atoms with Crippen LogP contribution in [0.2, 0.25) is 0 Å². The van der Waals surface area contributed by atoms with Gasteiger partial charge in [0.1, 0.15) is 6.04 Å². The highest BCUT2D eigenvalue weighted by molar-refractivity contribution is 5.87. The summed E-state index contributed by atoms with van der Waals surface area (Å²) in [6.45, 7) is 6.92. The molecule has 0 radical (unpaired) electrons. The van der Waals surface area contributed by atoms with Gasteiger partial charge in [0.2, 0.25) is 5.91 Å². The summed E-state index contributed by atoms with van der Waals surface area (Å²) in [6, 6.07) is -0.930. The highest BCUT2D eigenvalue weighted by Gasteiger charge is 2.29. The second-order valence-corrected chi connectivity index (χ2v) is 3.98. The first-order chi connectivity index (χ1) is 6.85. The van der Waals surface area contributed by atoms with Crippen LogP contribution in [0.3, 0.4) is 0 Å². The average Bonchev–Trinajstić information content (AvgIpc) is 2.16. The number of rotatable bonds is 6. The molecule has 0 heterocycles. The molecule has 0 bridgehead atoms. The number of carboxylic acid groups (broad SMARTS) is 1. The zero-order chi connectivity index (χ0) is 12.1. The van der Waals surface area contributed by atoms with Crippen molar-refractivity contribution >= 4 is 11.9 Å². The number of nitrogens with two attached hydrogens (primary N) is 1. The van der Waals surface area contributed by atoms with E-state index in [0.717, 1.165) is 0 Å². The zero-order valence-electron chi connectivity index (χ0n) is 9.12. The fourth-order valence-corrected chi connectivity index (χ4v) is 0.834. The van der Waals surface area contributed by atoms with E-state index in [0.29, 0.717) is 0 Å². The third-order valence-electron chi connectivity index (χ3n) is 2.13. The molecule has 0 rings (SSSR count). The molecule has 4 N–H and O–H groups in total. The standard InChI is InChI=1S/C10H18N2O3/c1-4-5-7(8(13)14)12-9(15)10(2,3)6-11/h4,7H,1,5-6,11H2,2-3H3,(H,12,15)(H,13,14). The summed E-state index contributed by atoms with van der Waals surface area (Å²) >= 11 is 0. The number of amides is 1. The average molecular weight is 214 g/mol. The Kier molecular flexibility index (Phi) is 5.00. The van der Waals surface area contributed by atoms with Crippen molar-refractivity contribution in [3.8, 4) is 0 Å². The van der Waals surface area contributed by atoms with Gasteiger partial charge in [0.05, 0.1) is 5.41 Å². The van der Waals surface area contributed by atoms with Gasteiger partial charge < -0.3 is 16.2 Å². The minimum absolute atomic E-state index is 0.166. The van der Waals surface area contributed by atoms with Crippen molar-refractivity contribution < 1.29 is 14.7 Å². The summed E-state index contributed by atoms with van der Waals surface area (Å²) in [5.41, 5.74) is 4.65. The molecule has 0 aromatic heterocycles. The van der Waals surface area contributed by atoms with E-state index in [-0.39, 0.29) is 18.9 Å². The van der Waals surface area contributed by atoms with Crippen LogP contribution in [0, 0.1) is 5.41 Å². The first-order valence-corrected chi connectivity index (χ1v) is 4.70. The van der Waals surface area contributed by atoms with Crippen LogP contribution in [0.25, 0.3) is 0 Å². The van der Waals surface area contributed by atoms with Gasteiger partial charge in [-0.1, -0.05) is 6.08 Å². The number of hydrogen-bond donors (Lipinski definition) is 3. The van der Waals surface area contributed by atoms with Gasteiger partial charge in [0.15, 0.2) is 0 Å². The molecule has 15 heavy (non-hydrogen) atoms. The van der Waals surface area contributed by atoms with Crippen LogP contribution in [0.5, 0.6) is 0 Å². The van der Waals surface area contributed by atoms with Crippen LogP contribution in [-0.4, -0.2) is 29.6 Å². The minimum Gasteiger partial charge on any atom is -0.480 e. The molecule has 0 aliphatic rings. The molecule has 0 aromatic rings. The van der Waals surface area contributed by atoms with Crippen molar-refractivity contribution in [2.75, 3.05) is 6.54 Å². The topological polar surface area (TPSA) is 92.4 Å². The highest BCUT2D eigenvalue weighted by atomic mass is 16.4. The Morgan fingerprint density at radius 1 is 1.60 bits per heavy atom. The van der Waals surface area contributed by atoms with Gasteiger partial charge in [-0.2, -0.15) is 0 Å². The van der Waals surface area contributed by atoms with Gasteiger partial charge in [0, 0.05) is 6.54 Å². The number of carbonyl (C=O) groups excluding carboxylic acids is 1. The third kappa shape index (κ3) is 4.12. The second kappa shape index (κ2) is 5.50. The highest BCUT2D eigenvalue weighted by Crippen LogP contribution is 2.13. The predicted molar refractivity (Wildman–Crippen MR) is 57.2 cm³/mol. The Morgan fingerprint density at radius 3 is 2.47 bits per heavy atom. The van der Waals surface area contributed by atoms with Gasteiger partial charge in [-0.3, -0.25) is 4.79 Å². The maximum absolute atomic E-state index is 11.6. The van der Waals surface area contributed by atoms with E-state index >= 15 is 0 Å². The maximum atomic E-state index is 11.6. The van der Waals surface area contributed by atoms with Crippen molar-refractivity contribution in [1.29, 1.82) is 0 Å². The van der Waals surface area contributed by atoms with E-state index in [1.165, 1.54) is 6.08 Å². The molecule has 0 aromatic carbocycles. The Balaban J connectivity index is 4.48. The van der Waals surface area contributed by atoms with E-state index < -0.39 is 17.4 Å². The molecule has 86 valence electrons. The second-order valence-electron chi connectivity index (χ2n) is 3.98. The fraction of sp³-hybridized carbons (Fsp3) is 0.600. The van der Waals surface area contributed by atoms with Crippen molar-refractivity contribution in [3.63, 3.8) is 0 Å². The van der Waals surface area contributed by atoms with E-state index in [4.69, 9.17) is 10.8 Å². The molecule has 0 spiro atoms. The van der Waals surface area contributed by atoms with Gasteiger partial charge >= 0.3 is 5.97 Å². The number of aliphatic carboxylic acids is 1. The Bertz CT molecular complexity index is 261. The molecule has 5 heteroatoms. The van der Waals surface area contributed by atoms with Crippen molar-refractivity contribution in [3.05, 3.63) is 12.7 Å². The largest absolute Gasteiger partial charge is 0.480 e. The predicted octanol–water partition coefficient (Wildman–Crippen LogP) is 0.117. The van der Waals surface area contributed by atoms with Gasteiger partial charge in [-0.15, -0.1) is 6.58 Å².